The van der Waals surface area contributed by atoms with Gasteiger partial charge in [0.2, 0.25) is 0 Å². The highest BCUT2D eigenvalue weighted by Gasteiger charge is 2.05. The number of carbonyl (C=O) groups is 1. The summed E-state index contributed by atoms with van der Waals surface area (Å²) in [5.74, 6) is -0.991. The topological polar surface area (TPSA) is 63.3 Å². The third kappa shape index (κ3) is 2.17. The minimum absolute atomic E-state index is 0.245. The van der Waals surface area contributed by atoms with Gasteiger partial charge in [0.15, 0.2) is 0 Å². The van der Waals surface area contributed by atoms with Gasteiger partial charge in [-0.3, -0.25) is 4.79 Å². The number of nitrogens with two attached hydrogens (primary N) is 1. The normalized spacial score (nSPS) is 13.4. The first-order valence-corrected chi connectivity index (χ1v) is 1.96. The summed E-state index contributed by atoms with van der Waals surface area (Å²) in [6, 6.07) is -0.792. The van der Waals surface area contributed by atoms with Crippen LogP contribution in [0.1, 0.15) is 6.42 Å². The van der Waals surface area contributed by atoms with Crippen LogP contribution in [0.3, 0.4) is 0 Å². The van der Waals surface area contributed by atoms with Gasteiger partial charge in [-0.25, -0.2) is 0 Å². The van der Waals surface area contributed by atoms with E-state index >= 15 is 0 Å². The molecule has 0 aliphatic heterocycles. The molecular formula is C4H8NO2. The standard InChI is InChI=1S/C4H8NO2/c1-2-3(5)4(6)7/h3H,1-2,5H2,(H,6,7). The van der Waals surface area contributed by atoms with E-state index in [0.29, 0.717) is 0 Å². The molecule has 0 aliphatic carbocycles. The molecule has 0 rings (SSSR count). The Hall–Kier alpha value is -0.570. The van der Waals surface area contributed by atoms with Gasteiger partial charge in [-0.2, -0.15) is 0 Å². The highest BCUT2D eigenvalue weighted by molar-refractivity contribution is 5.73. The van der Waals surface area contributed by atoms with Crippen LogP contribution in [0.15, 0.2) is 0 Å². The fourth-order valence-electron chi connectivity index (χ4n) is 0.123. The molecular weight excluding hydrogens is 94.0 g/mol. The summed E-state index contributed by atoms with van der Waals surface area (Å²) >= 11 is 0. The van der Waals surface area contributed by atoms with Gasteiger partial charge in [0.05, 0.1) is 0 Å². The second-order valence-corrected chi connectivity index (χ2v) is 1.23. The van der Waals surface area contributed by atoms with Crippen molar-refractivity contribution in [2.24, 2.45) is 5.73 Å². The maximum Gasteiger partial charge on any atom is 0.320 e. The first-order valence-electron chi connectivity index (χ1n) is 1.96. The summed E-state index contributed by atoms with van der Waals surface area (Å²) in [6.07, 6.45) is 0.245. The van der Waals surface area contributed by atoms with Crippen molar-refractivity contribution in [1.82, 2.24) is 0 Å². The summed E-state index contributed by atoms with van der Waals surface area (Å²) in [4.78, 5) is 9.77. The highest BCUT2D eigenvalue weighted by atomic mass is 16.4. The zero-order chi connectivity index (χ0) is 5.86. The number of carboxylic acid groups (broad SMARTS) is 1. The molecule has 0 bridgehead atoms. The third-order valence-electron chi connectivity index (χ3n) is 0.628. The third-order valence-corrected chi connectivity index (χ3v) is 0.628. The fraction of sp³-hybridized carbons (Fsp3) is 0.500. The van der Waals surface area contributed by atoms with Gasteiger partial charge in [0.25, 0.3) is 0 Å². The number of aliphatic carboxylic acids is 1. The van der Waals surface area contributed by atoms with Gasteiger partial charge in [0, 0.05) is 0 Å². The van der Waals surface area contributed by atoms with Crippen molar-refractivity contribution in [2.45, 2.75) is 12.5 Å². The number of rotatable bonds is 2. The average Bonchev–Trinajstić information content (AvgIpc) is 1.65. The van der Waals surface area contributed by atoms with Gasteiger partial charge < -0.3 is 10.8 Å². The molecule has 41 valence electrons. The van der Waals surface area contributed by atoms with Crippen LogP contribution in [0, 0.1) is 6.92 Å². The lowest BCUT2D eigenvalue weighted by molar-refractivity contribution is -0.138. The fourth-order valence-corrected chi connectivity index (χ4v) is 0.123. The van der Waals surface area contributed by atoms with E-state index in [0.717, 1.165) is 0 Å². The Bertz CT molecular complexity index is 72.1. The molecule has 0 saturated carbocycles. The van der Waals surface area contributed by atoms with Gasteiger partial charge in [-0.1, -0.05) is 6.92 Å². The van der Waals surface area contributed by atoms with Crippen molar-refractivity contribution < 1.29 is 9.90 Å². The van der Waals surface area contributed by atoms with Crippen LogP contribution in [0.4, 0.5) is 0 Å². The lowest BCUT2D eigenvalue weighted by Gasteiger charge is -1.97. The maximum atomic E-state index is 9.77. The Morgan fingerprint density at radius 3 is 2.43 bits per heavy atom. The molecule has 0 saturated heterocycles. The smallest absolute Gasteiger partial charge is 0.320 e. The van der Waals surface area contributed by atoms with E-state index in [1.165, 1.54) is 0 Å². The minimum atomic E-state index is -0.991. The van der Waals surface area contributed by atoms with E-state index in [-0.39, 0.29) is 6.42 Å². The second kappa shape index (κ2) is 2.58. The van der Waals surface area contributed by atoms with Crippen LogP contribution in [-0.4, -0.2) is 17.1 Å². The zero-order valence-corrected chi connectivity index (χ0v) is 3.92. The summed E-state index contributed by atoms with van der Waals surface area (Å²) in [5, 5.41) is 8.02. The average molecular weight is 102 g/mol. The molecule has 3 N–H and O–H groups in total. The van der Waals surface area contributed by atoms with Gasteiger partial charge >= 0.3 is 5.97 Å². The Kier molecular flexibility index (Phi) is 2.37. The summed E-state index contributed by atoms with van der Waals surface area (Å²) in [6.45, 7) is 3.30. The first kappa shape index (κ1) is 6.43. The van der Waals surface area contributed by atoms with Crippen molar-refractivity contribution in [3.63, 3.8) is 0 Å². The lowest BCUT2D eigenvalue weighted by Crippen LogP contribution is -2.28. The van der Waals surface area contributed by atoms with E-state index in [2.05, 4.69) is 6.92 Å². The molecule has 1 unspecified atom stereocenters. The van der Waals surface area contributed by atoms with Crippen LogP contribution in [-0.2, 0) is 4.79 Å². The van der Waals surface area contributed by atoms with Gasteiger partial charge in [-0.05, 0) is 6.42 Å². The van der Waals surface area contributed by atoms with Crippen molar-refractivity contribution in [1.29, 1.82) is 0 Å². The molecule has 0 aliphatic rings. The van der Waals surface area contributed by atoms with Crippen molar-refractivity contribution in [2.75, 3.05) is 0 Å². The Morgan fingerprint density at radius 1 is 2.00 bits per heavy atom. The molecule has 7 heavy (non-hydrogen) atoms. The Balaban J connectivity index is 3.34. The number of hydrogen-bond donors (Lipinski definition) is 2. The maximum absolute atomic E-state index is 9.77. The predicted octanol–water partition coefficient (Wildman–Crippen LogP) is -0.378. The molecule has 1 radical (unpaired) electrons. The van der Waals surface area contributed by atoms with Gasteiger partial charge in [0.1, 0.15) is 6.04 Å². The summed E-state index contributed by atoms with van der Waals surface area (Å²) in [5.41, 5.74) is 4.95. The SMILES string of the molecule is [CH2]CC(N)C(=O)O. The predicted molar refractivity (Wildman–Crippen MR) is 25.6 cm³/mol. The molecule has 0 aromatic carbocycles. The van der Waals surface area contributed by atoms with Crippen LogP contribution in [0.25, 0.3) is 0 Å². The van der Waals surface area contributed by atoms with Crippen LogP contribution in [0.2, 0.25) is 0 Å². The largest absolute Gasteiger partial charge is 0.480 e. The molecule has 0 aromatic heterocycles. The number of hydrogen-bond acceptors (Lipinski definition) is 2. The molecule has 1 atom stereocenters. The molecule has 3 heteroatoms. The van der Waals surface area contributed by atoms with Crippen LogP contribution >= 0.6 is 0 Å². The van der Waals surface area contributed by atoms with Crippen molar-refractivity contribution in [3.8, 4) is 0 Å². The number of carboxylic acids is 1. The zero-order valence-electron chi connectivity index (χ0n) is 3.92. The van der Waals surface area contributed by atoms with E-state index < -0.39 is 12.0 Å². The summed E-state index contributed by atoms with van der Waals surface area (Å²) < 4.78 is 0. The molecule has 0 heterocycles. The summed E-state index contributed by atoms with van der Waals surface area (Å²) in [7, 11) is 0. The Morgan fingerprint density at radius 2 is 2.43 bits per heavy atom. The van der Waals surface area contributed by atoms with E-state index in [1.54, 1.807) is 0 Å². The van der Waals surface area contributed by atoms with Crippen LogP contribution < -0.4 is 5.73 Å². The first-order chi connectivity index (χ1) is 3.18. The van der Waals surface area contributed by atoms with E-state index in [4.69, 9.17) is 10.8 Å². The second-order valence-electron chi connectivity index (χ2n) is 1.23. The Labute approximate surface area is 42.1 Å². The minimum Gasteiger partial charge on any atom is -0.480 e. The molecule has 0 fully saturated rings. The lowest BCUT2D eigenvalue weighted by atomic mass is 10.2. The van der Waals surface area contributed by atoms with Crippen molar-refractivity contribution >= 4 is 5.97 Å². The van der Waals surface area contributed by atoms with E-state index in [1.807, 2.05) is 0 Å². The van der Waals surface area contributed by atoms with Crippen molar-refractivity contribution in [3.05, 3.63) is 6.92 Å². The van der Waals surface area contributed by atoms with Gasteiger partial charge in [-0.15, -0.1) is 0 Å². The quantitative estimate of drug-likeness (QED) is 0.499. The van der Waals surface area contributed by atoms with Crippen LogP contribution in [0.5, 0.6) is 0 Å². The molecule has 3 nitrogen and oxygen atoms in total. The van der Waals surface area contributed by atoms with E-state index in [9.17, 15) is 4.79 Å². The highest BCUT2D eigenvalue weighted by Crippen LogP contribution is 1.81. The molecule has 0 spiro atoms. The molecule has 0 amide bonds. The monoisotopic (exact) mass is 102 g/mol. The molecule has 0 aromatic rings.